The molecular weight excluding hydrogens is 413 g/mol. The van der Waals surface area contributed by atoms with Gasteiger partial charge in [0, 0.05) is 22.7 Å². The Morgan fingerprint density at radius 3 is 2.40 bits per heavy atom. The first-order valence-corrected chi connectivity index (χ1v) is 11.2. The summed E-state index contributed by atoms with van der Waals surface area (Å²) in [6, 6.07) is 20.6. The van der Waals surface area contributed by atoms with Gasteiger partial charge in [0.25, 0.3) is 0 Å². The lowest BCUT2D eigenvalue weighted by Gasteiger charge is -2.16. The lowest BCUT2D eigenvalue weighted by atomic mass is 10.0. The first kappa shape index (κ1) is 24.5. The number of halogens is 2. The normalized spacial score (nSPS) is 10.7. The number of rotatable bonds is 12. The quantitative estimate of drug-likeness (QED) is 0.285. The highest BCUT2D eigenvalue weighted by Crippen LogP contribution is 2.29. The molecule has 3 rings (SSSR count). The maximum Gasteiger partial charge on any atom is 0.124 e. The molecule has 162 valence electrons. The molecule has 0 aliphatic carbocycles. The molecule has 0 aliphatic heterocycles. The highest BCUT2D eigenvalue weighted by Gasteiger charge is 2.10. The summed E-state index contributed by atoms with van der Waals surface area (Å²) >= 11 is 6.30. The van der Waals surface area contributed by atoms with E-state index < -0.39 is 0 Å². The molecule has 0 heterocycles. The molecule has 1 N–H and O–H groups in total. The number of unbranched alkanes of at least 4 members (excludes halogenated alkanes) is 5. The maximum atomic E-state index is 6.30. The van der Waals surface area contributed by atoms with Crippen LogP contribution in [-0.4, -0.2) is 6.54 Å². The molecule has 0 aliphatic rings. The second-order valence-electron chi connectivity index (χ2n) is 7.59. The van der Waals surface area contributed by atoms with Crippen LogP contribution in [0.3, 0.4) is 0 Å². The fourth-order valence-electron chi connectivity index (χ4n) is 3.65. The van der Waals surface area contributed by atoms with Crippen molar-refractivity contribution in [2.45, 2.75) is 58.6 Å². The monoisotopic (exact) mass is 445 g/mol. The summed E-state index contributed by atoms with van der Waals surface area (Å²) in [7, 11) is 0. The highest BCUT2D eigenvalue weighted by molar-refractivity contribution is 6.31. The van der Waals surface area contributed by atoms with Crippen molar-refractivity contribution in [3.63, 3.8) is 0 Å². The summed E-state index contributed by atoms with van der Waals surface area (Å²) in [6.07, 6.45) is 7.89. The Bertz CT molecular complexity index is 897. The topological polar surface area (TPSA) is 21.3 Å². The molecule has 0 saturated carbocycles. The molecule has 0 spiro atoms. The van der Waals surface area contributed by atoms with Crippen LogP contribution >= 0.6 is 24.0 Å². The minimum atomic E-state index is 0. The Morgan fingerprint density at radius 1 is 0.833 bits per heavy atom. The molecule has 0 bridgehead atoms. The van der Waals surface area contributed by atoms with Crippen molar-refractivity contribution in [2.75, 3.05) is 6.54 Å². The first-order chi connectivity index (χ1) is 14.3. The van der Waals surface area contributed by atoms with Crippen LogP contribution in [-0.2, 0) is 13.2 Å². The van der Waals surface area contributed by atoms with Gasteiger partial charge in [-0.05, 0) is 35.9 Å². The number of nitrogens with one attached hydrogen (secondary N) is 1. The zero-order valence-electron chi connectivity index (χ0n) is 17.8. The smallest absolute Gasteiger partial charge is 0.124 e. The Morgan fingerprint density at radius 2 is 1.57 bits per heavy atom. The number of benzene rings is 3. The Labute approximate surface area is 192 Å². The minimum absolute atomic E-state index is 0. The Kier molecular flexibility index (Phi) is 11.1. The van der Waals surface area contributed by atoms with Gasteiger partial charge in [0.1, 0.15) is 12.4 Å². The van der Waals surface area contributed by atoms with Crippen molar-refractivity contribution < 1.29 is 4.74 Å². The third kappa shape index (κ3) is 7.19. The van der Waals surface area contributed by atoms with Crippen molar-refractivity contribution in [3.8, 4) is 5.75 Å². The molecule has 0 aromatic heterocycles. The second-order valence-corrected chi connectivity index (χ2v) is 8.00. The highest BCUT2D eigenvalue weighted by atomic mass is 35.5. The van der Waals surface area contributed by atoms with Gasteiger partial charge >= 0.3 is 0 Å². The molecule has 0 radical (unpaired) electrons. The van der Waals surface area contributed by atoms with E-state index in [-0.39, 0.29) is 12.4 Å². The van der Waals surface area contributed by atoms with Crippen LogP contribution < -0.4 is 10.1 Å². The van der Waals surface area contributed by atoms with Crippen molar-refractivity contribution >= 4 is 34.8 Å². The largest absolute Gasteiger partial charge is 0.488 e. The van der Waals surface area contributed by atoms with E-state index in [9.17, 15) is 0 Å². The van der Waals surface area contributed by atoms with Gasteiger partial charge < -0.3 is 10.1 Å². The number of hydrogen-bond donors (Lipinski definition) is 1. The number of ether oxygens (including phenoxy) is 1. The lowest BCUT2D eigenvalue weighted by molar-refractivity contribution is 0.303. The van der Waals surface area contributed by atoms with Gasteiger partial charge in [-0.3, -0.25) is 0 Å². The molecule has 3 aromatic rings. The van der Waals surface area contributed by atoms with Crippen molar-refractivity contribution in [1.82, 2.24) is 5.32 Å². The SMILES string of the molecule is CCCCCCCCNCc1c(OCc2ccccc2Cl)ccc2ccccc12.Cl. The van der Waals surface area contributed by atoms with Gasteiger partial charge in [-0.2, -0.15) is 0 Å². The van der Waals surface area contributed by atoms with Crippen molar-refractivity contribution in [1.29, 1.82) is 0 Å². The molecule has 0 atom stereocenters. The number of fused-ring (bicyclic) bond motifs is 1. The molecule has 0 unspecified atom stereocenters. The van der Waals surface area contributed by atoms with Crippen molar-refractivity contribution in [2.24, 2.45) is 0 Å². The summed E-state index contributed by atoms with van der Waals surface area (Å²) in [5, 5.41) is 6.87. The minimum Gasteiger partial charge on any atom is -0.488 e. The van der Waals surface area contributed by atoms with Crippen LogP contribution in [0.2, 0.25) is 5.02 Å². The van der Waals surface area contributed by atoms with Crippen LogP contribution in [0.4, 0.5) is 0 Å². The molecule has 3 aromatic carbocycles. The third-order valence-corrected chi connectivity index (χ3v) is 5.72. The van der Waals surface area contributed by atoms with Gasteiger partial charge in [0.15, 0.2) is 0 Å². The van der Waals surface area contributed by atoms with Crippen LogP contribution in [0.1, 0.15) is 56.6 Å². The lowest BCUT2D eigenvalue weighted by Crippen LogP contribution is -2.16. The van der Waals surface area contributed by atoms with Crippen LogP contribution in [0.25, 0.3) is 10.8 Å². The Hall–Kier alpha value is -1.74. The number of hydrogen-bond acceptors (Lipinski definition) is 2. The zero-order valence-corrected chi connectivity index (χ0v) is 19.4. The summed E-state index contributed by atoms with van der Waals surface area (Å²) in [5.41, 5.74) is 2.23. The van der Waals surface area contributed by atoms with E-state index in [0.29, 0.717) is 6.61 Å². The van der Waals surface area contributed by atoms with Gasteiger partial charge in [-0.25, -0.2) is 0 Å². The molecule has 0 amide bonds. The van der Waals surface area contributed by atoms with Gasteiger partial charge in [-0.15, -0.1) is 12.4 Å². The molecule has 0 saturated heterocycles. The molecule has 0 fully saturated rings. The standard InChI is InChI=1S/C26H32ClNO.ClH/c1-2-3-4-5-6-11-18-28-19-24-23-14-9-7-12-21(23)16-17-26(24)29-20-22-13-8-10-15-25(22)27;/h7-10,12-17,28H,2-6,11,18-20H2,1H3;1H. The molecular formula is C26H33Cl2NO. The predicted molar refractivity (Wildman–Crippen MR) is 132 cm³/mol. The van der Waals surface area contributed by atoms with E-state index >= 15 is 0 Å². The second kappa shape index (κ2) is 13.5. The average Bonchev–Trinajstić information content (AvgIpc) is 2.75. The summed E-state index contributed by atoms with van der Waals surface area (Å²) in [5.74, 6) is 0.930. The maximum absolute atomic E-state index is 6.30. The average molecular weight is 446 g/mol. The van der Waals surface area contributed by atoms with Crippen LogP contribution in [0.5, 0.6) is 5.75 Å². The molecule has 2 nitrogen and oxygen atoms in total. The zero-order chi connectivity index (χ0) is 20.3. The summed E-state index contributed by atoms with van der Waals surface area (Å²) in [6.45, 7) is 4.59. The molecule has 30 heavy (non-hydrogen) atoms. The predicted octanol–water partition coefficient (Wildman–Crippen LogP) is 7.94. The van der Waals surface area contributed by atoms with Gasteiger partial charge in [0.05, 0.1) is 0 Å². The summed E-state index contributed by atoms with van der Waals surface area (Å²) in [4.78, 5) is 0. The van der Waals surface area contributed by atoms with Gasteiger partial charge in [0.2, 0.25) is 0 Å². The summed E-state index contributed by atoms with van der Waals surface area (Å²) < 4.78 is 6.21. The van der Waals surface area contributed by atoms with Crippen LogP contribution in [0, 0.1) is 0 Å². The van der Waals surface area contributed by atoms with Crippen molar-refractivity contribution in [3.05, 3.63) is 76.8 Å². The molecule has 4 heteroatoms. The van der Waals surface area contributed by atoms with E-state index in [0.717, 1.165) is 29.4 Å². The van der Waals surface area contributed by atoms with Crippen LogP contribution in [0.15, 0.2) is 60.7 Å². The fourth-order valence-corrected chi connectivity index (χ4v) is 3.84. The van der Waals surface area contributed by atoms with E-state index in [4.69, 9.17) is 16.3 Å². The van der Waals surface area contributed by atoms with E-state index in [1.54, 1.807) is 0 Å². The van der Waals surface area contributed by atoms with E-state index in [2.05, 4.69) is 48.6 Å². The Balaban J connectivity index is 0.00000320. The first-order valence-electron chi connectivity index (χ1n) is 10.9. The fraction of sp³-hybridized carbons (Fsp3) is 0.385. The van der Waals surface area contributed by atoms with E-state index in [1.165, 1.54) is 54.9 Å². The van der Waals surface area contributed by atoms with Gasteiger partial charge in [-0.1, -0.05) is 99.2 Å². The van der Waals surface area contributed by atoms with E-state index in [1.807, 2.05) is 24.3 Å². The third-order valence-electron chi connectivity index (χ3n) is 5.35.